The largest absolute Gasteiger partial charge is 0.293 e. The molecule has 0 amide bonds. The second-order valence-electron chi connectivity index (χ2n) is 4.29. The second kappa shape index (κ2) is 5.23. The first-order valence-corrected chi connectivity index (χ1v) is 6.65. The summed E-state index contributed by atoms with van der Waals surface area (Å²) in [4.78, 5) is 20.7. The van der Waals surface area contributed by atoms with Crippen molar-refractivity contribution in [3.8, 4) is 0 Å². The van der Waals surface area contributed by atoms with Gasteiger partial charge in [0, 0.05) is 5.02 Å². The molecule has 0 fully saturated rings. The average molecular weight is 306 g/mol. The van der Waals surface area contributed by atoms with Crippen LogP contribution in [0.25, 0.3) is 10.9 Å². The van der Waals surface area contributed by atoms with Crippen molar-refractivity contribution in [2.45, 2.75) is 6.54 Å². The summed E-state index contributed by atoms with van der Waals surface area (Å²) in [7, 11) is 0. The van der Waals surface area contributed by atoms with E-state index in [9.17, 15) is 4.79 Å². The number of fused-ring (bicyclic) bond motifs is 1. The fourth-order valence-corrected chi connectivity index (χ4v) is 2.30. The molecular formula is C14H9Cl2N3O. The Balaban J connectivity index is 2.07. The Labute approximate surface area is 124 Å². The molecule has 4 nitrogen and oxygen atoms in total. The van der Waals surface area contributed by atoms with E-state index in [1.807, 2.05) is 6.07 Å². The van der Waals surface area contributed by atoms with Crippen molar-refractivity contribution in [2.75, 3.05) is 0 Å². The highest BCUT2D eigenvalue weighted by molar-refractivity contribution is 6.31. The van der Waals surface area contributed by atoms with E-state index in [4.69, 9.17) is 23.2 Å². The van der Waals surface area contributed by atoms with Gasteiger partial charge in [-0.1, -0.05) is 29.3 Å². The standard InChI is InChI=1S/C14H9Cl2N3O/c15-9-4-5-11-12(6-9)17-8-19(14(11)20)7-10-2-1-3-13(16)18-10/h1-6,8H,7H2. The van der Waals surface area contributed by atoms with Crippen LogP contribution >= 0.6 is 23.2 Å². The molecule has 0 unspecified atom stereocenters. The van der Waals surface area contributed by atoms with Gasteiger partial charge in [-0.3, -0.25) is 9.36 Å². The number of rotatable bonds is 2. The van der Waals surface area contributed by atoms with Gasteiger partial charge in [-0.05, 0) is 30.3 Å². The molecular weight excluding hydrogens is 297 g/mol. The predicted molar refractivity (Wildman–Crippen MR) is 79.4 cm³/mol. The van der Waals surface area contributed by atoms with Crippen LogP contribution in [0.5, 0.6) is 0 Å². The highest BCUT2D eigenvalue weighted by Gasteiger charge is 2.06. The normalized spacial score (nSPS) is 10.9. The van der Waals surface area contributed by atoms with Gasteiger partial charge in [-0.15, -0.1) is 0 Å². The number of hydrogen-bond donors (Lipinski definition) is 0. The zero-order valence-corrected chi connectivity index (χ0v) is 11.8. The average Bonchev–Trinajstić information content (AvgIpc) is 2.42. The first-order valence-electron chi connectivity index (χ1n) is 5.89. The van der Waals surface area contributed by atoms with Crippen molar-refractivity contribution >= 4 is 34.1 Å². The van der Waals surface area contributed by atoms with Gasteiger partial charge in [0.15, 0.2) is 0 Å². The van der Waals surface area contributed by atoms with Gasteiger partial charge in [0.05, 0.1) is 29.5 Å². The number of hydrogen-bond acceptors (Lipinski definition) is 3. The van der Waals surface area contributed by atoms with Gasteiger partial charge in [0.1, 0.15) is 5.15 Å². The zero-order chi connectivity index (χ0) is 14.1. The van der Waals surface area contributed by atoms with Crippen LogP contribution in [0.1, 0.15) is 5.69 Å². The summed E-state index contributed by atoms with van der Waals surface area (Å²) in [5.74, 6) is 0. The Morgan fingerprint density at radius 2 is 2.00 bits per heavy atom. The molecule has 100 valence electrons. The number of nitrogens with zero attached hydrogens (tertiary/aromatic N) is 3. The molecule has 0 saturated carbocycles. The van der Waals surface area contributed by atoms with Gasteiger partial charge in [0.25, 0.3) is 5.56 Å². The third-order valence-corrected chi connectivity index (χ3v) is 3.34. The monoisotopic (exact) mass is 305 g/mol. The van der Waals surface area contributed by atoms with Crippen molar-refractivity contribution in [1.82, 2.24) is 14.5 Å². The molecule has 0 saturated heterocycles. The maximum Gasteiger partial charge on any atom is 0.261 e. The summed E-state index contributed by atoms with van der Waals surface area (Å²) in [6, 6.07) is 10.3. The molecule has 20 heavy (non-hydrogen) atoms. The van der Waals surface area contributed by atoms with Crippen molar-refractivity contribution < 1.29 is 0 Å². The maximum absolute atomic E-state index is 12.3. The minimum Gasteiger partial charge on any atom is -0.293 e. The van der Waals surface area contributed by atoms with Crippen molar-refractivity contribution in [3.05, 3.63) is 68.9 Å². The molecule has 2 heterocycles. The summed E-state index contributed by atoms with van der Waals surface area (Å²) in [6.45, 7) is 0.324. The summed E-state index contributed by atoms with van der Waals surface area (Å²) >= 11 is 11.7. The van der Waals surface area contributed by atoms with E-state index in [1.165, 1.54) is 10.9 Å². The van der Waals surface area contributed by atoms with E-state index >= 15 is 0 Å². The molecule has 3 rings (SSSR count). The molecule has 6 heteroatoms. The minimum atomic E-state index is -0.131. The van der Waals surface area contributed by atoms with E-state index < -0.39 is 0 Å². The lowest BCUT2D eigenvalue weighted by Crippen LogP contribution is -2.21. The SMILES string of the molecule is O=c1c2ccc(Cl)cc2ncn1Cc1cccc(Cl)n1. The highest BCUT2D eigenvalue weighted by Crippen LogP contribution is 2.14. The molecule has 0 aliphatic rings. The lowest BCUT2D eigenvalue weighted by molar-refractivity contribution is 0.730. The summed E-state index contributed by atoms with van der Waals surface area (Å²) in [5.41, 5.74) is 1.15. The lowest BCUT2D eigenvalue weighted by atomic mass is 10.2. The second-order valence-corrected chi connectivity index (χ2v) is 5.11. The third kappa shape index (κ3) is 2.53. The molecule has 0 bridgehead atoms. The van der Waals surface area contributed by atoms with Crippen LogP contribution in [-0.4, -0.2) is 14.5 Å². The van der Waals surface area contributed by atoms with Gasteiger partial charge >= 0.3 is 0 Å². The molecule has 0 N–H and O–H groups in total. The van der Waals surface area contributed by atoms with Crippen LogP contribution in [0.2, 0.25) is 10.2 Å². The van der Waals surface area contributed by atoms with Gasteiger partial charge in [-0.2, -0.15) is 0 Å². The molecule has 0 spiro atoms. The number of halogens is 2. The highest BCUT2D eigenvalue weighted by atomic mass is 35.5. The van der Waals surface area contributed by atoms with Crippen molar-refractivity contribution in [2.24, 2.45) is 0 Å². The molecule has 1 aromatic carbocycles. The number of aromatic nitrogens is 3. The summed E-state index contributed by atoms with van der Waals surface area (Å²) < 4.78 is 1.49. The molecule has 3 aromatic rings. The van der Waals surface area contributed by atoms with Crippen molar-refractivity contribution in [3.63, 3.8) is 0 Å². The van der Waals surface area contributed by atoms with Gasteiger partial charge in [-0.25, -0.2) is 9.97 Å². The van der Waals surface area contributed by atoms with Gasteiger partial charge < -0.3 is 0 Å². The third-order valence-electron chi connectivity index (χ3n) is 2.89. The van der Waals surface area contributed by atoms with Crippen LogP contribution < -0.4 is 5.56 Å². The first kappa shape index (κ1) is 13.1. The van der Waals surface area contributed by atoms with Crippen LogP contribution in [0.3, 0.4) is 0 Å². The Bertz CT molecular complexity index is 845. The van der Waals surface area contributed by atoms with E-state index in [0.29, 0.717) is 33.3 Å². The van der Waals surface area contributed by atoms with Gasteiger partial charge in [0.2, 0.25) is 0 Å². The quantitative estimate of drug-likeness (QED) is 0.683. The van der Waals surface area contributed by atoms with Crippen molar-refractivity contribution in [1.29, 1.82) is 0 Å². The Hall–Kier alpha value is -1.91. The fraction of sp³-hybridized carbons (Fsp3) is 0.0714. The fourth-order valence-electron chi connectivity index (χ4n) is 1.96. The van der Waals surface area contributed by atoms with Crippen LogP contribution in [0.15, 0.2) is 47.5 Å². The van der Waals surface area contributed by atoms with E-state index in [-0.39, 0.29) is 5.56 Å². The zero-order valence-electron chi connectivity index (χ0n) is 10.3. The molecule has 2 aromatic heterocycles. The molecule has 0 radical (unpaired) electrons. The van der Waals surface area contributed by atoms with Crippen LogP contribution in [0, 0.1) is 0 Å². The van der Waals surface area contributed by atoms with E-state index in [1.54, 1.807) is 30.3 Å². The number of benzene rings is 1. The Kier molecular flexibility index (Phi) is 3.42. The topological polar surface area (TPSA) is 47.8 Å². The Morgan fingerprint density at radius 3 is 2.80 bits per heavy atom. The van der Waals surface area contributed by atoms with E-state index in [2.05, 4.69) is 9.97 Å². The Morgan fingerprint density at radius 1 is 1.15 bits per heavy atom. The molecule has 0 aliphatic carbocycles. The number of pyridine rings is 1. The van der Waals surface area contributed by atoms with Crippen LogP contribution in [-0.2, 0) is 6.54 Å². The van der Waals surface area contributed by atoms with E-state index in [0.717, 1.165) is 0 Å². The molecule has 0 aliphatic heterocycles. The lowest BCUT2D eigenvalue weighted by Gasteiger charge is -2.06. The minimum absolute atomic E-state index is 0.131. The smallest absolute Gasteiger partial charge is 0.261 e. The summed E-state index contributed by atoms with van der Waals surface area (Å²) in [5, 5.41) is 1.48. The maximum atomic E-state index is 12.3. The summed E-state index contributed by atoms with van der Waals surface area (Å²) in [6.07, 6.45) is 1.49. The predicted octanol–water partition coefficient (Wildman–Crippen LogP) is 3.15. The molecule has 0 atom stereocenters. The first-order chi connectivity index (χ1) is 9.63. The van der Waals surface area contributed by atoms with Crippen LogP contribution in [0.4, 0.5) is 0 Å².